The van der Waals surface area contributed by atoms with Gasteiger partial charge in [-0.2, -0.15) is 0 Å². The Balaban J connectivity index is 2.06. The summed E-state index contributed by atoms with van der Waals surface area (Å²) >= 11 is 0. The molecule has 5 heteroatoms. The van der Waals surface area contributed by atoms with Gasteiger partial charge in [0.05, 0.1) is 6.04 Å². The van der Waals surface area contributed by atoms with Crippen molar-refractivity contribution in [1.82, 2.24) is 20.2 Å². The molecule has 2 atom stereocenters. The summed E-state index contributed by atoms with van der Waals surface area (Å²) in [4.78, 5) is 0. The number of nitrogens with zero attached hydrogens (tertiary/aromatic N) is 4. The van der Waals surface area contributed by atoms with Crippen molar-refractivity contribution in [3.05, 3.63) is 23.8 Å². The van der Waals surface area contributed by atoms with E-state index in [-0.39, 0.29) is 0 Å². The number of nitrogen functional groups attached to an aromatic ring is 1. The first-order valence-corrected chi connectivity index (χ1v) is 5.81. The number of hydrogen-bond donors (Lipinski definition) is 1. The average molecular weight is 229 g/mol. The monoisotopic (exact) mass is 229 g/mol. The molecule has 1 aliphatic carbocycles. The molecular formula is C12H15N5. The molecule has 1 fully saturated rings. The summed E-state index contributed by atoms with van der Waals surface area (Å²) in [6, 6.07) is 6.28. The molecule has 2 unspecified atom stereocenters. The van der Waals surface area contributed by atoms with Gasteiger partial charge in [0, 0.05) is 11.3 Å². The van der Waals surface area contributed by atoms with Gasteiger partial charge in [0.1, 0.15) is 0 Å². The van der Waals surface area contributed by atoms with Crippen LogP contribution >= 0.6 is 0 Å². The van der Waals surface area contributed by atoms with Crippen molar-refractivity contribution in [3.63, 3.8) is 0 Å². The van der Waals surface area contributed by atoms with Crippen molar-refractivity contribution in [2.75, 3.05) is 5.73 Å². The highest BCUT2D eigenvalue weighted by Crippen LogP contribution is 2.43. The van der Waals surface area contributed by atoms with Crippen molar-refractivity contribution < 1.29 is 0 Å². The van der Waals surface area contributed by atoms with Crippen LogP contribution in [0.2, 0.25) is 0 Å². The summed E-state index contributed by atoms with van der Waals surface area (Å²) in [5.41, 5.74) is 8.69. The van der Waals surface area contributed by atoms with Crippen molar-refractivity contribution in [3.8, 4) is 11.4 Å². The lowest BCUT2D eigenvalue weighted by Crippen LogP contribution is -2.02. The Hall–Kier alpha value is -1.91. The molecule has 0 aliphatic heterocycles. The minimum Gasteiger partial charge on any atom is -0.399 e. The lowest BCUT2D eigenvalue weighted by Gasteiger charge is -2.07. The van der Waals surface area contributed by atoms with Gasteiger partial charge in [0.25, 0.3) is 0 Å². The van der Waals surface area contributed by atoms with Gasteiger partial charge in [0.15, 0.2) is 5.82 Å². The van der Waals surface area contributed by atoms with E-state index in [1.807, 2.05) is 29.8 Å². The molecule has 1 saturated carbocycles. The van der Waals surface area contributed by atoms with Crippen LogP contribution in [-0.4, -0.2) is 20.2 Å². The van der Waals surface area contributed by atoms with E-state index in [9.17, 15) is 0 Å². The highest BCUT2D eigenvalue weighted by atomic mass is 15.6. The predicted octanol–water partition coefficient (Wildman–Crippen LogP) is 1.81. The summed E-state index contributed by atoms with van der Waals surface area (Å²) in [5, 5.41) is 12.0. The van der Waals surface area contributed by atoms with E-state index in [1.54, 1.807) is 0 Å². The second kappa shape index (κ2) is 3.55. The molecule has 1 aliphatic rings. The van der Waals surface area contributed by atoms with Gasteiger partial charge in [-0.05, 0) is 53.5 Å². The Morgan fingerprint density at radius 3 is 2.82 bits per heavy atom. The van der Waals surface area contributed by atoms with Crippen molar-refractivity contribution >= 4 is 5.69 Å². The van der Waals surface area contributed by atoms with E-state index < -0.39 is 0 Å². The molecule has 1 aromatic carbocycles. The summed E-state index contributed by atoms with van der Waals surface area (Å²) in [6.45, 7) is 4.24. The minimum atomic E-state index is 0.456. The number of aryl methyl sites for hydroxylation is 1. The zero-order valence-electron chi connectivity index (χ0n) is 9.96. The summed E-state index contributed by atoms with van der Waals surface area (Å²) in [5.74, 6) is 1.52. The fraction of sp³-hybridized carbons (Fsp3) is 0.417. The number of aromatic nitrogens is 4. The highest BCUT2D eigenvalue weighted by Gasteiger charge is 2.37. The number of rotatable bonds is 2. The molecule has 3 rings (SSSR count). The maximum absolute atomic E-state index is 5.75. The summed E-state index contributed by atoms with van der Waals surface area (Å²) < 4.78 is 1.93. The van der Waals surface area contributed by atoms with Gasteiger partial charge in [-0.25, -0.2) is 4.68 Å². The molecule has 5 nitrogen and oxygen atoms in total. The van der Waals surface area contributed by atoms with E-state index in [0.717, 1.165) is 29.1 Å². The predicted molar refractivity (Wildman–Crippen MR) is 65.2 cm³/mol. The van der Waals surface area contributed by atoms with E-state index in [1.165, 1.54) is 0 Å². The van der Waals surface area contributed by atoms with E-state index in [0.29, 0.717) is 12.0 Å². The second-order valence-electron chi connectivity index (χ2n) is 4.80. The van der Waals surface area contributed by atoms with Gasteiger partial charge in [-0.1, -0.05) is 6.92 Å². The molecule has 17 heavy (non-hydrogen) atoms. The van der Waals surface area contributed by atoms with Crippen LogP contribution in [0.5, 0.6) is 0 Å². The fourth-order valence-corrected chi connectivity index (χ4v) is 2.18. The van der Waals surface area contributed by atoms with Gasteiger partial charge in [-0.15, -0.1) is 5.10 Å². The van der Waals surface area contributed by atoms with Gasteiger partial charge in [-0.3, -0.25) is 0 Å². The highest BCUT2D eigenvalue weighted by molar-refractivity contribution is 5.63. The smallest absolute Gasteiger partial charge is 0.182 e. The lowest BCUT2D eigenvalue weighted by atomic mass is 10.1. The van der Waals surface area contributed by atoms with Gasteiger partial charge < -0.3 is 5.73 Å². The standard InChI is InChI=1S/C12H15N5/c1-7-5-9(13)3-4-10(7)12-14-15-16-17(12)11-6-8(11)2/h3-5,8,11H,6,13H2,1-2H3. The first-order valence-electron chi connectivity index (χ1n) is 5.81. The molecule has 2 N–H and O–H groups in total. The Bertz CT molecular complexity index is 560. The SMILES string of the molecule is Cc1cc(N)ccc1-c1nnnn1C1CC1C. The van der Waals surface area contributed by atoms with Crippen molar-refractivity contribution in [1.29, 1.82) is 0 Å². The Morgan fingerprint density at radius 2 is 2.18 bits per heavy atom. The molecule has 1 aromatic heterocycles. The van der Waals surface area contributed by atoms with Crippen molar-refractivity contribution in [2.45, 2.75) is 26.3 Å². The molecule has 0 amide bonds. The van der Waals surface area contributed by atoms with Gasteiger partial charge in [0.2, 0.25) is 0 Å². The first-order chi connectivity index (χ1) is 8.16. The Morgan fingerprint density at radius 1 is 1.41 bits per heavy atom. The van der Waals surface area contributed by atoms with Crippen LogP contribution in [-0.2, 0) is 0 Å². The number of benzene rings is 1. The molecule has 88 valence electrons. The van der Waals surface area contributed by atoms with E-state index >= 15 is 0 Å². The Kier molecular flexibility index (Phi) is 2.14. The molecule has 2 aromatic rings. The molecule has 1 heterocycles. The number of tetrazole rings is 1. The summed E-state index contributed by atoms with van der Waals surface area (Å²) in [7, 11) is 0. The first kappa shape index (κ1) is 10.3. The third-order valence-corrected chi connectivity index (χ3v) is 3.37. The molecule has 0 radical (unpaired) electrons. The Labute approximate surface area is 99.6 Å². The largest absolute Gasteiger partial charge is 0.399 e. The second-order valence-corrected chi connectivity index (χ2v) is 4.80. The fourth-order valence-electron chi connectivity index (χ4n) is 2.18. The maximum Gasteiger partial charge on any atom is 0.182 e. The van der Waals surface area contributed by atoms with E-state index in [2.05, 4.69) is 22.4 Å². The summed E-state index contributed by atoms with van der Waals surface area (Å²) in [6.07, 6.45) is 1.16. The zero-order chi connectivity index (χ0) is 12.0. The van der Waals surface area contributed by atoms with Crippen molar-refractivity contribution in [2.24, 2.45) is 5.92 Å². The third kappa shape index (κ3) is 1.67. The van der Waals surface area contributed by atoms with Crippen LogP contribution in [0.15, 0.2) is 18.2 Å². The van der Waals surface area contributed by atoms with Crippen LogP contribution in [0.25, 0.3) is 11.4 Å². The van der Waals surface area contributed by atoms with Crippen LogP contribution in [0.4, 0.5) is 5.69 Å². The van der Waals surface area contributed by atoms with Crippen LogP contribution < -0.4 is 5.73 Å². The molecule has 0 spiro atoms. The third-order valence-electron chi connectivity index (χ3n) is 3.37. The average Bonchev–Trinajstić information content (AvgIpc) is 2.82. The van der Waals surface area contributed by atoms with Crippen LogP contribution in [0.1, 0.15) is 24.9 Å². The van der Waals surface area contributed by atoms with Crippen LogP contribution in [0.3, 0.4) is 0 Å². The lowest BCUT2D eigenvalue weighted by molar-refractivity contribution is 0.584. The number of anilines is 1. The quantitative estimate of drug-likeness (QED) is 0.797. The van der Waals surface area contributed by atoms with Crippen LogP contribution in [0, 0.1) is 12.8 Å². The number of nitrogens with two attached hydrogens (primary N) is 1. The molecule has 0 bridgehead atoms. The maximum atomic E-state index is 5.75. The topological polar surface area (TPSA) is 69.6 Å². The molecule has 0 saturated heterocycles. The minimum absolute atomic E-state index is 0.456. The normalized spacial score (nSPS) is 22.7. The zero-order valence-corrected chi connectivity index (χ0v) is 9.96. The van der Waals surface area contributed by atoms with E-state index in [4.69, 9.17) is 5.73 Å². The number of hydrogen-bond acceptors (Lipinski definition) is 4. The molecular weight excluding hydrogens is 214 g/mol. The van der Waals surface area contributed by atoms with Gasteiger partial charge >= 0.3 is 0 Å².